The van der Waals surface area contributed by atoms with Crippen molar-refractivity contribution >= 4 is 5.91 Å². The van der Waals surface area contributed by atoms with Crippen molar-refractivity contribution in [2.45, 2.75) is 58.9 Å². The predicted octanol–water partition coefficient (Wildman–Crippen LogP) is 2.98. The van der Waals surface area contributed by atoms with E-state index in [4.69, 9.17) is 0 Å². The third kappa shape index (κ3) is 6.02. The Balaban J connectivity index is 1.35. The maximum absolute atomic E-state index is 12.5. The molecule has 2 fully saturated rings. The summed E-state index contributed by atoms with van der Waals surface area (Å²) in [6.45, 7) is 14.0. The summed E-state index contributed by atoms with van der Waals surface area (Å²) in [6.07, 6.45) is 7.19. The van der Waals surface area contributed by atoms with E-state index in [0.29, 0.717) is 17.9 Å². The zero-order valence-electron chi connectivity index (χ0n) is 18.1. The molecule has 0 bridgehead atoms. The number of likely N-dealkylation sites (N-methyl/N-ethyl adjacent to an activating group) is 1. The Bertz CT molecular complexity index is 619. The van der Waals surface area contributed by atoms with Crippen LogP contribution in [0.5, 0.6) is 0 Å². The lowest BCUT2D eigenvalue weighted by atomic mass is 9.91. The summed E-state index contributed by atoms with van der Waals surface area (Å²) in [7, 11) is 0. The molecule has 0 spiro atoms. The highest BCUT2D eigenvalue weighted by Crippen LogP contribution is 2.24. The van der Waals surface area contributed by atoms with Crippen molar-refractivity contribution in [2.75, 3.05) is 45.8 Å². The molecule has 0 N–H and O–H groups in total. The number of aromatic nitrogens is 1. The van der Waals surface area contributed by atoms with Crippen LogP contribution in [0.3, 0.4) is 0 Å². The van der Waals surface area contributed by atoms with E-state index in [1.807, 2.05) is 6.20 Å². The number of carbonyl (C=O) groups excluding carboxylic acids is 1. The predicted molar refractivity (Wildman–Crippen MR) is 114 cm³/mol. The molecule has 1 unspecified atom stereocenters. The lowest BCUT2D eigenvalue weighted by Crippen LogP contribution is -2.48. The first-order valence-electron chi connectivity index (χ1n) is 11.2. The lowest BCUT2D eigenvalue weighted by molar-refractivity contribution is -0.133. The number of rotatable bonds is 7. The summed E-state index contributed by atoms with van der Waals surface area (Å²) < 4.78 is 0. The van der Waals surface area contributed by atoms with Gasteiger partial charge in [0.05, 0.1) is 0 Å². The van der Waals surface area contributed by atoms with E-state index in [0.717, 1.165) is 65.1 Å². The van der Waals surface area contributed by atoms with Crippen LogP contribution in [0.2, 0.25) is 0 Å². The average molecular weight is 387 g/mol. The third-order valence-corrected chi connectivity index (χ3v) is 6.69. The van der Waals surface area contributed by atoms with Gasteiger partial charge in [-0.1, -0.05) is 6.92 Å². The summed E-state index contributed by atoms with van der Waals surface area (Å²) in [6, 6.07) is 4.80. The number of nitrogens with zero attached hydrogens (tertiary/aromatic N) is 4. The van der Waals surface area contributed by atoms with Crippen molar-refractivity contribution in [2.24, 2.45) is 5.92 Å². The number of likely N-dealkylation sites (tertiary alicyclic amines) is 1. The van der Waals surface area contributed by atoms with Crippen molar-refractivity contribution in [3.05, 3.63) is 29.6 Å². The molecule has 3 heterocycles. The van der Waals surface area contributed by atoms with Crippen LogP contribution in [0, 0.1) is 12.8 Å². The minimum absolute atomic E-state index is 0.372. The molecule has 28 heavy (non-hydrogen) atoms. The van der Waals surface area contributed by atoms with E-state index < -0.39 is 0 Å². The van der Waals surface area contributed by atoms with E-state index in [-0.39, 0.29) is 0 Å². The molecule has 3 rings (SSSR count). The van der Waals surface area contributed by atoms with Gasteiger partial charge in [0.1, 0.15) is 0 Å². The Labute approximate surface area is 171 Å². The van der Waals surface area contributed by atoms with E-state index >= 15 is 0 Å². The van der Waals surface area contributed by atoms with Gasteiger partial charge in [-0.3, -0.25) is 9.78 Å². The summed E-state index contributed by atoms with van der Waals surface area (Å²) in [5, 5.41) is 0. The Hall–Kier alpha value is -1.46. The maximum atomic E-state index is 12.5. The fraction of sp³-hybridized carbons (Fsp3) is 0.739. The third-order valence-electron chi connectivity index (χ3n) is 6.69. The standard InChI is InChI=1S/C23H38N4O/c1-4-25-13-15-27(16-14-25)23(28)6-5-21-8-11-26(12-9-21)20(3)18-22-17-19(2)7-10-24-22/h7,10,17,20-21H,4-6,8-9,11-16,18H2,1-3H3. The summed E-state index contributed by atoms with van der Waals surface area (Å²) in [4.78, 5) is 24.2. The molecule has 0 aliphatic carbocycles. The first kappa shape index (κ1) is 21.3. The van der Waals surface area contributed by atoms with Gasteiger partial charge in [0.2, 0.25) is 5.91 Å². The monoisotopic (exact) mass is 386 g/mol. The number of pyridine rings is 1. The SMILES string of the molecule is CCN1CCN(C(=O)CCC2CCN(C(C)Cc3cc(C)ccn3)CC2)CC1. The van der Waals surface area contributed by atoms with E-state index in [2.05, 4.69) is 52.6 Å². The summed E-state index contributed by atoms with van der Waals surface area (Å²) in [5.41, 5.74) is 2.49. The van der Waals surface area contributed by atoms with Crippen molar-refractivity contribution in [3.63, 3.8) is 0 Å². The number of amides is 1. The van der Waals surface area contributed by atoms with Crippen LogP contribution in [0.15, 0.2) is 18.3 Å². The molecular weight excluding hydrogens is 348 g/mol. The van der Waals surface area contributed by atoms with Gasteiger partial charge in [0.15, 0.2) is 0 Å². The molecule has 2 aliphatic rings. The summed E-state index contributed by atoms with van der Waals surface area (Å²) in [5.74, 6) is 1.08. The van der Waals surface area contributed by atoms with Crippen LogP contribution >= 0.6 is 0 Å². The van der Waals surface area contributed by atoms with Crippen LogP contribution < -0.4 is 0 Å². The number of piperazine rings is 1. The largest absolute Gasteiger partial charge is 0.340 e. The Morgan fingerprint density at radius 1 is 1.18 bits per heavy atom. The van der Waals surface area contributed by atoms with Gasteiger partial charge in [-0.25, -0.2) is 0 Å². The normalized spacial score (nSPS) is 21.0. The van der Waals surface area contributed by atoms with Crippen LogP contribution in [-0.2, 0) is 11.2 Å². The van der Waals surface area contributed by atoms with Gasteiger partial charge < -0.3 is 14.7 Å². The van der Waals surface area contributed by atoms with Gasteiger partial charge in [0.25, 0.3) is 0 Å². The molecule has 156 valence electrons. The molecule has 5 nitrogen and oxygen atoms in total. The van der Waals surface area contributed by atoms with Gasteiger partial charge in [0, 0.05) is 57.0 Å². The van der Waals surface area contributed by atoms with Crippen LogP contribution in [0.4, 0.5) is 0 Å². The lowest BCUT2D eigenvalue weighted by Gasteiger charge is -2.37. The topological polar surface area (TPSA) is 39.7 Å². The molecular formula is C23H38N4O. The molecule has 2 saturated heterocycles. The van der Waals surface area contributed by atoms with E-state index in [1.54, 1.807) is 0 Å². The number of aryl methyl sites for hydroxylation is 1. The zero-order chi connectivity index (χ0) is 19.9. The van der Waals surface area contributed by atoms with Gasteiger partial charge in [-0.2, -0.15) is 0 Å². The van der Waals surface area contributed by atoms with Crippen molar-refractivity contribution in [1.29, 1.82) is 0 Å². The van der Waals surface area contributed by atoms with Gasteiger partial charge in [-0.15, -0.1) is 0 Å². The van der Waals surface area contributed by atoms with Crippen molar-refractivity contribution in [1.82, 2.24) is 19.7 Å². The second-order valence-corrected chi connectivity index (χ2v) is 8.71. The molecule has 1 amide bonds. The van der Waals surface area contributed by atoms with Gasteiger partial charge >= 0.3 is 0 Å². The molecule has 5 heteroatoms. The Morgan fingerprint density at radius 2 is 1.89 bits per heavy atom. The van der Waals surface area contributed by atoms with Gasteiger partial charge in [-0.05, 0) is 76.4 Å². The number of piperidine rings is 1. The van der Waals surface area contributed by atoms with E-state index in [1.165, 1.54) is 24.1 Å². The maximum Gasteiger partial charge on any atom is 0.222 e. The molecule has 1 atom stereocenters. The van der Waals surface area contributed by atoms with Crippen molar-refractivity contribution in [3.8, 4) is 0 Å². The smallest absolute Gasteiger partial charge is 0.222 e. The highest BCUT2D eigenvalue weighted by atomic mass is 16.2. The fourth-order valence-corrected chi connectivity index (χ4v) is 4.62. The van der Waals surface area contributed by atoms with Crippen molar-refractivity contribution < 1.29 is 4.79 Å². The zero-order valence-corrected chi connectivity index (χ0v) is 18.1. The number of hydrogen-bond acceptors (Lipinski definition) is 4. The minimum atomic E-state index is 0.372. The minimum Gasteiger partial charge on any atom is -0.340 e. The number of carbonyl (C=O) groups is 1. The van der Waals surface area contributed by atoms with Crippen LogP contribution in [0.25, 0.3) is 0 Å². The first-order chi connectivity index (χ1) is 13.5. The van der Waals surface area contributed by atoms with Crippen LogP contribution in [0.1, 0.15) is 50.8 Å². The Morgan fingerprint density at radius 3 is 2.54 bits per heavy atom. The second kappa shape index (κ2) is 10.4. The Kier molecular flexibility index (Phi) is 7.86. The number of hydrogen-bond donors (Lipinski definition) is 0. The second-order valence-electron chi connectivity index (χ2n) is 8.71. The summed E-state index contributed by atoms with van der Waals surface area (Å²) >= 11 is 0. The highest BCUT2D eigenvalue weighted by molar-refractivity contribution is 5.76. The quantitative estimate of drug-likeness (QED) is 0.722. The molecule has 0 radical (unpaired) electrons. The molecule has 1 aromatic rings. The van der Waals surface area contributed by atoms with Crippen LogP contribution in [-0.4, -0.2) is 77.4 Å². The average Bonchev–Trinajstić information content (AvgIpc) is 2.72. The molecule has 1 aromatic heterocycles. The molecule has 2 aliphatic heterocycles. The molecule has 0 aromatic carbocycles. The highest BCUT2D eigenvalue weighted by Gasteiger charge is 2.25. The van der Waals surface area contributed by atoms with E-state index in [9.17, 15) is 4.79 Å². The fourth-order valence-electron chi connectivity index (χ4n) is 4.62. The molecule has 0 saturated carbocycles. The first-order valence-corrected chi connectivity index (χ1v) is 11.2.